The topological polar surface area (TPSA) is 45.2 Å². The second-order valence-electron chi connectivity index (χ2n) is 5.06. The van der Waals surface area contributed by atoms with Crippen LogP contribution in [0.3, 0.4) is 0 Å². The number of fused-ring (bicyclic) bond motifs is 3. The van der Waals surface area contributed by atoms with Crippen LogP contribution < -0.4 is 5.32 Å². The fourth-order valence-electron chi connectivity index (χ4n) is 2.93. The molecule has 1 aromatic heterocycles. The molecule has 0 aromatic carbocycles. The molecule has 1 N–H and O–H groups in total. The minimum atomic E-state index is -0.698. The molecule has 0 aliphatic carbocycles. The Kier molecular flexibility index (Phi) is 2.99. The SMILES string of the molecule is O=C(NC1CN2CCC1CC2)c1cccnc1F. The number of rotatable bonds is 2. The van der Waals surface area contributed by atoms with E-state index in [0.717, 1.165) is 32.5 Å². The van der Waals surface area contributed by atoms with E-state index in [1.54, 1.807) is 6.07 Å². The lowest BCUT2D eigenvalue weighted by molar-refractivity contribution is 0.0618. The van der Waals surface area contributed by atoms with Crippen molar-refractivity contribution in [2.24, 2.45) is 5.92 Å². The van der Waals surface area contributed by atoms with E-state index in [4.69, 9.17) is 0 Å². The fourth-order valence-corrected chi connectivity index (χ4v) is 2.93. The molecule has 96 valence electrons. The number of hydrogen-bond acceptors (Lipinski definition) is 3. The Bertz CT molecular complexity index is 457. The second-order valence-corrected chi connectivity index (χ2v) is 5.06. The molecule has 0 spiro atoms. The first-order valence-electron chi connectivity index (χ1n) is 6.38. The summed E-state index contributed by atoms with van der Waals surface area (Å²) < 4.78 is 13.4. The van der Waals surface area contributed by atoms with Gasteiger partial charge < -0.3 is 10.2 Å². The van der Waals surface area contributed by atoms with Gasteiger partial charge in [-0.2, -0.15) is 4.39 Å². The molecule has 1 amide bonds. The zero-order chi connectivity index (χ0) is 12.5. The highest BCUT2D eigenvalue weighted by Crippen LogP contribution is 2.27. The lowest BCUT2D eigenvalue weighted by atomic mass is 9.84. The van der Waals surface area contributed by atoms with E-state index in [1.165, 1.54) is 12.3 Å². The van der Waals surface area contributed by atoms with Gasteiger partial charge in [0.2, 0.25) is 5.95 Å². The molecule has 3 aliphatic rings. The Labute approximate surface area is 105 Å². The third-order valence-electron chi connectivity index (χ3n) is 3.98. The molecule has 1 aromatic rings. The van der Waals surface area contributed by atoms with Gasteiger partial charge in [0.05, 0.1) is 5.56 Å². The van der Waals surface area contributed by atoms with Gasteiger partial charge in [-0.25, -0.2) is 4.98 Å². The molecule has 0 saturated carbocycles. The summed E-state index contributed by atoms with van der Waals surface area (Å²) in [4.78, 5) is 17.9. The Hall–Kier alpha value is -1.49. The number of nitrogens with one attached hydrogen (secondary N) is 1. The number of hydrogen-bond donors (Lipinski definition) is 1. The van der Waals surface area contributed by atoms with Gasteiger partial charge in [-0.05, 0) is 44.0 Å². The molecule has 4 nitrogen and oxygen atoms in total. The summed E-state index contributed by atoms with van der Waals surface area (Å²) in [5.41, 5.74) is 0.0361. The van der Waals surface area contributed by atoms with Crippen LogP contribution in [-0.4, -0.2) is 41.5 Å². The van der Waals surface area contributed by atoms with Gasteiger partial charge in [0.1, 0.15) is 0 Å². The van der Waals surface area contributed by atoms with Crippen LogP contribution >= 0.6 is 0 Å². The minimum Gasteiger partial charge on any atom is -0.348 e. The summed E-state index contributed by atoms with van der Waals surface area (Å²) in [7, 11) is 0. The highest BCUT2D eigenvalue weighted by atomic mass is 19.1. The third kappa shape index (κ3) is 2.10. The number of amides is 1. The lowest BCUT2D eigenvalue weighted by Crippen LogP contribution is -2.57. The van der Waals surface area contributed by atoms with E-state index in [1.807, 2.05) is 0 Å². The molecule has 0 radical (unpaired) electrons. The van der Waals surface area contributed by atoms with Gasteiger partial charge in [0.25, 0.3) is 5.91 Å². The summed E-state index contributed by atoms with van der Waals surface area (Å²) >= 11 is 0. The highest BCUT2D eigenvalue weighted by molar-refractivity contribution is 5.94. The molecular formula is C13H16FN3O. The Balaban J connectivity index is 1.70. The fraction of sp³-hybridized carbons (Fsp3) is 0.538. The van der Waals surface area contributed by atoms with E-state index in [-0.39, 0.29) is 17.5 Å². The number of carbonyl (C=O) groups excluding carboxylic acids is 1. The predicted molar refractivity (Wildman–Crippen MR) is 64.6 cm³/mol. The Morgan fingerprint density at radius 1 is 1.44 bits per heavy atom. The first-order chi connectivity index (χ1) is 8.74. The zero-order valence-electron chi connectivity index (χ0n) is 10.1. The maximum absolute atomic E-state index is 13.4. The van der Waals surface area contributed by atoms with Crippen LogP contribution in [0, 0.1) is 11.9 Å². The average molecular weight is 249 g/mol. The molecule has 4 rings (SSSR count). The van der Waals surface area contributed by atoms with Crippen LogP contribution in [0.15, 0.2) is 18.3 Å². The quantitative estimate of drug-likeness (QED) is 0.797. The van der Waals surface area contributed by atoms with Crippen LogP contribution in [0.5, 0.6) is 0 Å². The van der Waals surface area contributed by atoms with Gasteiger partial charge in [-0.3, -0.25) is 4.79 Å². The van der Waals surface area contributed by atoms with Crippen LogP contribution in [0.1, 0.15) is 23.2 Å². The monoisotopic (exact) mass is 249 g/mol. The van der Waals surface area contributed by atoms with E-state index >= 15 is 0 Å². The van der Waals surface area contributed by atoms with Crippen LogP contribution in [0.2, 0.25) is 0 Å². The van der Waals surface area contributed by atoms with Gasteiger partial charge in [-0.15, -0.1) is 0 Å². The predicted octanol–water partition coefficient (Wildman–Crippen LogP) is 1.04. The maximum Gasteiger partial charge on any atom is 0.256 e. The van der Waals surface area contributed by atoms with Gasteiger partial charge in [0, 0.05) is 18.8 Å². The zero-order valence-corrected chi connectivity index (χ0v) is 10.1. The largest absolute Gasteiger partial charge is 0.348 e. The van der Waals surface area contributed by atoms with Gasteiger partial charge in [0.15, 0.2) is 0 Å². The molecule has 1 atom stereocenters. The Morgan fingerprint density at radius 2 is 2.22 bits per heavy atom. The van der Waals surface area contributed by atoms with Crippen molar-refractivity contribution in [1.82, 2.24) is 15.2 Å². The summed E-state index contributed by atoms with van der Waals surface area (Å²) in [6, 6.07) is 3.20. The molecule has 18 heavy (non-hydrogen) atoms. The number of halogens is 1. The molecular weight excluding hydrogens is 233 g/mol. The number of aromatic nitrogens is 1. The normalized spacial score (nSPS) is 30.2. The Morgan fingerprint density at radius 3 is 2.83 bits per heavy atom. The van der Waals surface area contributed by atoms with Gasteiger partial charge >= 0.3 is 0 Å². The summed E-state index contributed by atoms with van der Waals surface area (Å²) in [6.07, 6.45) is 3.60. The summed E-state index contributed by atoms with van der Waals surface area (Å²) in [5.74, 6) is -0.505. The van der Waals surface area contributed by atoms with Crippen molar-refractivity contribution in [2.75, 3.05) is 19.6 Å². The molecule has 3 saturated heterocycles. The standard InChI is InChI=1S/C13H16FN3O/c14-12-10(2-1-5-15-12)13(18)16-11-8-17-6-3-9(11)4-7-17/h1-2,5,9,11H,3-4,6-8H2,(H,16,18). The third-order valence-corrected chi connectivity index (χ3v) is 3.98. The van der Waals surface area contributed by atoms with E-state index < -0.39 is 5.95 Å². The van der Waals surface area contributed by atoms with Crippen LogP contribution in [-0.2, 0) is 0 Å². The van der Waals surface area contributed by atoms with Gasteiger partial charge in [-0.1, -0.05) is 0 Å². The maximum atomic E-state index is 13.4. The molecule has 1 unspecified atom stereocenters. The van der Waals surface area contributed by atoms with Crippen molar-refractivity contribution in [3.63, 3.8) is 0 Å². The van der Waals surface area contributed by atoms with Crippen LogP contribution in [0.25, 0.3) is 0 Å². The van der Waals surface area contributed by atoms with E-state index in [0.29, 0.717) is 5.92 Å². The van der Waals surface area contributed by atoms with Crippen molar-refractivity contribution in [2.45, 2.75) is 18.9 Å². The average Bonchev–Trinajstić information content (AvgIpc) is 2.40. The summed E-state index contributed by atoms with van der Waals surface area (Å²) in [6.45, 7) is 3.13. The smallest absolute Gasteiger partial charge is 0.256 e. The van der Waals surface area contributed by atoms with Crippen molar-refractivity contribution in [3.8, 4) is 0 Å². The number of carbonyl (C=O) groups is 1. The van der Waals surface area contributed by atoms with Crippen molar-refractivity contribution >= 4 is 5.91 Å². The highest BCUT2D eigenvalue weighted by Gasteiger charge is 2.35. The number of nitrogens with zero attached hydrogens (tertiary/aromatic N) is 2. The van der Waals surface area contributed by atoms with E-state index in [2.05, 4.69) is 15.2 Å². The lowest BCUT2D eigenvalue weighted by Gasteiger charge is -2.44. The van der Waals surface area contributed by atoms with Crippen LogP contribution in [0.4, 0.5) is 4.39 Å². The first kappa shape index (κ1) is 11.6. The number of pyridine rings is 1. The summed E-state index contributed by atoms with van der Waals surface area (Å²) in [5, 5.41) is 2.95. The van der Waals surface area contributed by atoms with E-state index in [9.17, 15) is 9.18 Å². The minimum absolute atomic E-state index is 0.0361. The number of piperidine rings is 3. The first-order valence-corrected chi connectivity index (χ1v) is 6.38. The molecule has 2 bridgehead atoms. The molecule has 5 heteroatoms. The van der Waals surface area contributed by atoms with Crippen molar-refractivity contribution < 1.29 is 9.18 Å². The molecule has 4 heterocycles. The second kappa shape index (κ2) is 4.65. The van der Waals surface area contributed by atoms with Crippen molar-refractivity contribution in [3.05, 3.63) is 29.8 Å². The molecule has 3 aliphatic heterocycles. The molecule has 3 fully saturated rings. The van der Waals surface area contributed by atoms with Crippen molar-refractivity contribution in [1.29, 1.82) is 0 Å².